The molecule has 1 rings (SSSR count). The smallest absolute Gasteiger partial charge is 0.327 e. The van der Waals surface area contributed by atoms with Gasteiger partial charge in [0, 0.05) is 5.75 Å². The zero-order valence-corrected chi connectivity index (χ0v) is 17.4. The molecule has 0 saturated heterocycles. The Labute approximate surface area is 173 Å². The van der Waals surface area contributed by atoms with Crippen LogP contribution in [-0.4, -0.2) is 55.7 Å². The van der Waals surface area contributed by atoms with E-state index >= 15 is 0 Å². The van der Waals surface area contributed by atoms with E-state index in [1.807, 2.05) is 27.4 Å². The second-order valence-electron chi connectivity index (χ2n) is 4.19. The molecule has 1 aromatic carbocycles. The predicted octanol–water partition coefficient (Wildman–Crippen LogP) is 2.68. The topological polar surface area (TPSA) is 139 Å². The fourth-order valence-electron chi connectivity index (χ4n) is 1.57. The highest BCUT2D eigenvalue weighted by Crippen LogP contribution is 2.30. The second-order valence-corrected chi connectivity index (χ2v) is 5.10. The minimum Gasteiger partial charge on any atom is -0.480 e. The molecule has 0 saturated carbocycles. The Morgan fingerprint density at radius 3 is 1.83 bits per heavy atom. The molecule has 0 bridgehead atoms. The van der Waals surface area contributed by atoms with Gasteiger partial charge in [0.2, 0.25) is 10.6 Å². The lowest BCUT2D eigenvalue weighted by atomic mass is 10.1. The number of halogens is 4. The number of aliphatic carboxylic acids is 1. The zero-order valence-electron chi connectivity index (χ0n) is 16.5. The summed E-state index contributed by atoms with van der Waals surface area (Å²) in [6, 6.07) is -1.50. The lowest BCUT2D eigenvalue weighted by Gasteiger charge is -2.14. The van der Waals surface area contributed by atoms with Crippen LogP contribution in [0.25, 0.3) is 0 Å². The summed E-state index contributed by atoms with van der Waals surface area (Å²) < 4.78 is 55.3. The van der Waals surface area contributed by atoms with E-state index in [-0.39, 0.29) is 5.75 Å². The summed E-state index contributed by atoms with van der Waals surface area (Å²) in [7, 11) is 1.10. The third-order valence-corrected chi connectivity index (χ3v) is 3.30. The van der Waals surface area contributed by atoms with E-state index in [1.165, 1.54) is 6.26 Å². The van der Waals surface area contributed by atoms with E-state index in [2.05, 4.69) is 15.1 Å². The first-order valence-electron chi connectivity index (χ1n) is 7.72. The van der Waals surface area contributed by atoms with Crippen LogP contribution in [0.1, 0.15) is 24.2 Å². The van der Waals surface area contributed by atoms with Crippen LogP contribution < -0.4 is 10.2 Å². The van der Waals surface area contributed by atoms with E-state index in [1.54, 1.807) is 5.32 Å². The number of benzene rings is 1. The van der Waals surface area contributed by atoms with Crippen molar-refractivity contribution in [2.75, 3.05) is 19.1 Å². The molecular weight excluding hydrogens is 436 g/mol. The molecule has 1 atom stereocenters. The van der Waals surface area contributed by atoms with Crippen molar-refractivity contribution in [3.05, 3.63) is 28.8 Å². The quantitative estimate of drug-likeness (QED) is 0.291. The summed E-state index contributed by atoms with van der Waals surface area (Å²) in [6.45, 7) is 8.00. The van der Waals surface area contributed by atoms with E-state index in [4.69, 9.17) is 14.7 Å². The number of rotatable bonds is 6. The Morgan fingerprint density at radius 2 is 1.50 bits per heavy atom. The van der Waals surface area contributed by atoms with Gasteiger partial charge in [-0.05, 0) is 6.26 Å². The molecule has 0 aromatic heterocycles. The second kappa shape index (κ2) is 17.9. The number of carbonyl (C=O) groups excluding carboxylic acids is 3. The predicted molar refractivity (Wildman–Crippen MR) is 102 cm³/mol. The Hall–Kier alpha value is -3.12. The first-order chi connectivity index (χ1) is 14.3. The molecule has 9 nitrogen and oxygen atoms in total. The number of hydrogen-bond donors (Lipinski definition) is 2. The lowest BCUT2D eigenvalue weighted by molar-refractivity contribution is -0.138. The SMILES string of the molecule is C=O.C=O.CC.CN=[N+]=Nc1c(F)c(F)c(C(=O)NC(CSC)C(=O)O)c(F)c1F. The van der Waals surface area contributed by atoms with Crippen LogP contribution in [0.5, 0.6) is 0 Å². The van der Waals surface area contributed by atoms with Crippen molar-refractivity contribution < 1.29 is 41.8 Å². The fraction of sp³-hybridized carbons (Fsp3) is 0.375. The number of amides is 1. The van der Waals surface area contributed by atoms with Crippen LogP contribution in [0.15, 0.2) is 10.2 Å². The van der Waals surface area contributed by atoms with Crippen LogP contribution in [0.3, 0.4) is 0 Å². The first-order valence-corrected chi connectivity index (χ1v) is 9.11. The average molecular weight is 457 g/mol. The summed E-state index contributed by atoms with van der Waals surface area (Å²) >= 11 is 1.03. The molecular formula is C16H21F4N4O5S+. The maximum Gasteiger partial charge on any atom is 0.327 e. The molecule has 0 aliphatic carbocycles. The molecule has 0 aliphatic rings. The monoisotopic (exact) mass is 457 g/mol. The summed E-state index contributed by atoms with van der Waals surface area (Å²) in [5, 5.41) is 16.6. The molecule has 0 spiro atoms. The van der Waals surface area contributed by atoms with Crippen molar-refractivity contribution in [3.63, 3.8) is 0 Å². The molecule has 2 N–H and O–H groups in total. The zero-order chi connectivity index (χ0) is 24.4. The van der Waals surface area contributed by atoms with Gasteiger partial charge in [0.15, 0.2) is 28.4 Å². The highest BCUT2D eigenvalue weighted by Gasteiger charge is 2.33. The van der Waals surface area contributed by atoms with Gasteiger partial charge in [-0.15, -0.1) is 0 Å². The van der Waals surface area contributed by atoms with Gasteiger partial charge in [-0.3, -0.25) is 4.79 Å². The van der Waals surface area contributed by atoms with Gasteiger partial charge in [-0.25, -0.2) is 22.4 Å². The third kappa shape index (κ3) is 8.92. The number of carboxylic acid groups (broad SMARTS) is 1. The molecule has 30 heavy (non-hydrogen) atoms. The maximum atomic E-state index is 13.9. The van der Waals surface area contributed by atoms with E-state index < -0.39 is 52.4 Å². The van der Waals surface area contributed by atoms with Crippen LogP contribution in [0.4, 0.5) is 23.2 Å². The van der Waals surface area contributed by atoms with Gasteiger partial charge in [0.05, 0.1) is 0 Å². The van der Waals surface area contributed by atoms with Crippen molar-refractivity contribution in [2.24, 2.45) is 10.2 Å². The highest BCUT2D eigenvalue weighted by molar-refractivity contribution is 7.98. The fourth-order valence-corrected chi connectivity index (χ4v) is 2.13. The van der Waals surface area contributed by atoms with Gasteiger partial charge in [-0.1, -0.05) is 13.8 Å². The normalized spacial score (nSPS) is 9.60. The summed E-state index contributed by atoms with van der Waals surface area (Å²) in [5.74, 6) is -11.2. The summed E-state index contributed by atoms with van der Waals surface area (Å²) in [6.07, 6.45) is 1.53. The molecule has 1 unspecified atom stereocenters. The highest BCUT2D eigenvalue weighted by atomic mass is 32.2. The maximum absolute atomic E-state index is 13.9. The van der Waals surface area contributed by atoms with Crippen LogP contribution in [-0.2, 0) is 14.4 Å². The van der Waals surface area contributed by atoms with Gasteiger partial charge in [-0.2, -0.15) is 11.8 Å². The Balaban J connectivity index is -0.00000111. The Kier molecular flexibility index (Phi) is 18.9. The number of hydrogen-bond acceptors (Lipinski definition) is 7. The van der Waals surface area contributed by atoms with Gasteiger partial charge in [0.25, 0.3) is 5.91 Å². The molecule has 0 fully saturated rings. The minimum absolute atomic E-state index is 0.125. The molecule has 1 amide bonds. The van der Waals surface area contributed by atoms with Gasteiger partial charge >= 0.3 is 5.97 Å². The standard InChI is InChI=1S/C12H10F4N4O3S.C2H6.2CH2O/c1-17-20-19-10-8(15)6(13)5(7(14)9(10)16)11(21)18-4(3-24-2)12(22)23;3*1-2/h4H,3H2,1-2H3,(H-,18,21,22,23);1-2H3;2*1H2/p+1. The molecule has 0 aliphatic heterocycles. The minimum atomic E-state index is -2.02. The van der Waals surface area contributed by atoms with Gasteiger partial charge in [0.1, 0.15) is 37.3 Å². The van der Waals surface area contributed by atoms with E-state index in [0.29, 0.717) is 0 Å². The first kappa shape index (κ1) is 31.6. The molecule has 1 aromatic rings. The van der Waals surface area contributed by atoms with E-state index in [9.17, 15) is 27.2 Å². The molecule has 0 heterocycles. The van der Waals surface area contributed by atoms with Crippen LogP contribution >= 0.6 is 11.8 Å². The average Bonchev–Trinajstić information content (AvgIpc) is 2.76. The number of nitrogens with one attached hydrogen (secondary N) is 1. The number of carboxylic acids is 1. The number of carbonyl (C=O) groups is 4. The molecule has 168 valence electrons. The number of nitrogens with zero attached hydrogens (tertiary/aromatic N) is 3. The molecule has 0 radical (unpaired) electrons. The van der Waals surface area contributed by atoms with Gasteiger partial charge < -0.3 is 20.0 Å². The Bertz CT molecular complexity index is 745. The van der Waals surface area contributed by atoms with Crippen molar-refractivity contribution >= 4 is 42.9 Å². The van der Waals surface area contributed by atoms with E-state index in [0.717, 1.165) is 18.8 Å². The molecule has 14 heteroatoms. The largest absolute Gasteiger partial charge is 0.480 e. The van der Waals surface area contributed by atoms with Crippen molar-refractivity contribution in [1.82, 2.24) is 10.2 Å². The van der Waals surface area contributed by atoms with Crippen LogP contribution in [0, 0.1) is 23.3 Å². The lowest BCUT2D eigenvalue weighted by Crippen LogP contribution is -2.43. The van der Waals surface area contributed by atoms with Crippen LogP contribution in [0.2, 0.25) is 0 Å². The number of thioether (sulfide) groups is 1. The summed E-state index contributed by atoms with van der Waals surface area (Å²) in [5.41, 5.74) is -2.99. The third-order valence-electron chi connectivity index (χ3n) is 2.64. The van der Waals surface area contributed by atoms with Crippen molar-refractivity contribution in [2.45, 2.75) is 19.9 Å². The summed E-state index contributed by atoms with van der Waals surface area (Å²) in [4.78, 5) is 41.6. The Morgan fingerprint density at radius 1 is 1.07 bits per heavy atom. The van der Waals surface area contributed by atoms with Crippen molar-refractivity contribution in [1.29, 1.82) is 0 Å². The van der Waals surface area contributed by atoms with Crippen molar-refractivity contribution in [3.8, 4) is 0 Å².